The molecule has 0 aromatic heterocycles. The summed E-state index contributed by atoms with van der Waals surface area (Å²) >= 11 is 0. The van der Waals surface area contributed by atoms with Crippen LogP contribution in [0, 0.1) is 0 Å². The number of nitrogens with zero attached hydrogens (tertiary/aromatic N) is 2. The number of benzene rings is 1. The van der Waals surface area contributed by atoms with Gasteiger partial charge in [0.2, 0.25) is 5.91 Å². The number of piperidine rings is 1. The van der Waals surface area contributed by atoms with Crippen LogP contribution in [0.2, 0.25) is 0 Å². The van der Waals surface area contributed by atoms with E-state index in [2.05, 4.69) is 0 Å². The number of hydrogen-bond acceptors (Lipinski definition) is 5. The summed E-state index contributed by atoms with van der Waals surface area (Å²) in [5.74, 6) is 1.30. The van der Waals surface area contributed by atoms with E-state index in [1.54, 1.807) is 6.07 Å². The molecule has 0 N–H and O–H groups in total. The second-order valence-corrected chi connectivity index (χ2v) is 7.32. The van der Waals surface area contributed by atoms with E-state index >= 15 is 0 Å². The highest BCUT2D eigenvalue weighted by Crippen LogP contribution is 2.36. The van der Waals surface area contributed by atoms with Crippen LogP contribution in [0.4, 0.5) is 0 Å². The minimum absolute atomic E-state index is 0.0490. The summed E-state index contributed by atoms with van der Waals surface area (Å²) in [6.45, 7) is 5.83. The summed E-state index contributed by atoms with van der Waals surface area (Å²) in [5, 5.41) is 0. The quantitative estimate of drug-likeness (QED) is 0.788. The van der Waals surface area contributed by atoms with Crippen molar-refractivity contribution in [1.29, 1.82) is 0 Å². The van der Waals surface area contributed by atoms with E-state index in [9.17, 15) is 9.59 Å². The Bertz CT molecular complexity index is 727. The van der Waals surface area contributed by atoms with Gasteiger partial charge in [-0.2, -0.15) is 0 Å². The normalized spacial score (nSPS) is 21.2. The van der Waals surface area contributed by atoms with Crippen LogP contribution in [-0.4, -0.2) is 73.2 Å². The Kier molecular flexibility index (Phi) is 4.95. The van der Waals surface area contributed by atoms with Gasteiger partial charge in [-0.15, -0.1) is 0 Å². The number of hydrogen-bond donors (Lipinski definition) is 0. The number of carbonyl (C=O) groups is 2. The van der Waals surface area contributed by atoms with Gasteiger partial charge < -0.3 is 24.0 Å². The fourth-order valence-corrected chi connectivity index (χ4v) is 4.12. The molecule has 0 unspecified atom stereocenters. The lowest BCUT2D eigenvalue weighted by molar-refractivity contribution is -0.146. The summed E-state index contributed by atoms with van der Waals surface area (Å²) in [7, 11) is 0. The molecule has 0 aliphatic carbocycles. The first-order valence-corrected chi connectivity index (χ1v) is 9.71. The number of ether oxygens (including phenoxy) is 3. The van der Waals surface area contributed by atoms with Crippen LogP contribution in [0.5, 0.6) is 11.5 Å². The highest BCUT2D eigenvalue weighted by atomic mass is 16.6. The third kappa shape index (κ3) is 3.48. The number of fused-ring (bicyclic) bond motifs is 1. The lowest BCUT2D eigenvalue weighted by Gasteiger charge is -2.47. The van der Waals surface area contributed by atoms with Crippen molar-refractivity contribution >= 4 is 11.8 Å². The summed E-state index contributed by atoms with van der Waals surface area (Å²) in [4.78, 5) is 28.9. The van der Waals surface area contributed by atoms with Crippen molar-refractivity contribution in [3.63, 3.8) is 0 Å². The monoisotopic (exact) mass is 374 g/mol. The van der Waals surface area contributed by atoms with Crippen LogP contribution in [0.15, 0.2) is 18.2 Å². The van der Waals surface area contributed by atoms with Crippen LogP contribution in [0.1, 0.15) is 36.5 Å². The Hall–Kier alpha value is -2.28. The molecule has 7 nitrogen and oxygen atoms in total. The van der Waals surface area contributed by atoms with Gasteiger partial charge in [0, 0.05) is 26.1 Å². The molecule has 1 spiro atoms. The number of para-hydroxylation sites is 1. The van der Waals surface area contributed by atoms with Crippen molar-refractivity contribution in [3.8, 4) is 11.5 Å². The van der Waals surface area contributed by atoms with Crippen molar-refractivity contribution in [1.82, 2.24) is 9.80 Å². The van der Waals surface area contributed by atoms with E-state index in [0.29, 0.717) is 69.5 Å². The van der Waals surface area contributed by atoms with E-state index in [1.165, 1.54) is 0 Å². The summed E-state index contributed by atoms with van der Waals surface area (Å²) < 4.78 is 17.4. The first-order chi connectivity index (χ1) is 13.1. The Balaban J connectivity index is 1.48. The van der Waals surface area contributed by atoms with Crippen molar-refractivity contribution in [3.05, 3.63) is 23.8 Å². The smallest absolute Gasteiger partial charge is 0.257 e. The summed E-state index contributed by atoms with van der Waals surface area (Å²) in [6, 6.07) is 5.44. The van der Waals surface area contributed by atoms with Crippen molar-refractivity contribution in [2.24, 2.45) is 0 Å². The van der Waals surface area contributed by atoms with E-state index in [-0.39, 0.29) is 17.4 Å². The molecular formula is C20H26N2O5. The second-order valence-electron chi connectivity index (χ2n) is 7.32. The van der Waals surface area contributed by atoms with Gasteiger partial charge >= 0.3 is 0 Å². The predicted octanol–water partition coefficient (Wildman–Crippen LogP) is 1.70. The topological polar surface area (TPSA) is 68.3 Å². The van der Waals surface area contributed by atoms with Gasteiger partial charge in [0.05, 0.1) is 24.3 Å². The Morgan fingerprint density at radius 1 is 1.04 bits per heavy atom. The zero-order chi connectivity index (χ0) is 18.9. The number of likely N-dealkylation sites (tertiary alicyclic amines) is 1. The standard InChI is InChI=1S/C20H26N2O5/c1-2-17(23)21-8-6-20(7-9-21)14-22(10-11-27-20)19(24)15-4-3-5-16-18(15)26-13-12-25-16/h3-5H,2,6-14H2,1H3. The molecule has 27 heavy (non-hydrogen) atoms. The fraction of sp³-hybridized carbons (Fsp3) is 0.600. The van der Waals surface area contributed by atoms with Crippen LogP contribution >= 0.6 is 0 Å². The summed E-state index contributed by atoms with van der Waals surface area (Å²) in [5.41, 5.74) is 0.188. The van der Waals surface area contributed by atoms with E-state index in [4.69, 9.17) is 14.2 Å². The Morgan fingerprint density at radius 2 is 1.81 bits per heavy atom. The van der Waals surface area contributed by atoms with Crippen molar-refractivity contribution in [2.45, 2.75) is 31.8 Å². The minimum Gasteiger partial charge on any atom is -0.486 e. The maximum atomic E-state index is 13.2. The number of morpholine rings is 1. The van der Waals surface area contributed by atoms with Gasteiger partial charge in [0.15, 0.2) is 11.5 Å². The molecule has 1 aromatic rings. The van der Waals surface area contributed by atoms with Crippen LogP contribution in [-0.2, 0) is 9.53 Å². The first kappa shape index (κ1) is 18.1. The van der Waals surface area contributed by atoms with Crippen molar-refractivity contribution < 1.29 is 23.8 Å². The minimum atomic E-state index is -0.357. The summed E-state index contributed by atoms with van der Waals surface area (Å²) in [6.07, 6.45) is 2.05. The average Bonchev–Trinajstić information content (AvgIpc) is 2.73. The molecule has 0 saturated carbocycles. The Labute approximate surface area is 159 Å². The Morgan fingerprint density at radius 3 is 2.59 bits per heavy atom. The van der Waals surface area contributed by atoms with Gasteiger partial charge in [0.25, 0.3) is 5.91 Å². The van der Waals surface area contributed by atoms with Gasteiger partial charge in [-0.05, 0) is 25.0 Å². The van der Waals surface area contributed by atoms with Crippen LogP contribution in [0.3, 0.4) is 0 Å². The van der Waals surface area contributed by atoms with Gasteiger partial charge in [0.1, 0.15) is 13.2 Å². The SMILES string of the molecule is CCC(=O)N1CCC2(CC1)CN(C(=O)c1cccc3c1OCCO3)CCO2. The third-order valence-corrected chi connectivity index (χ3v) is 5.66. The highest BCUT2D eigenvalue weighted by molar-refractivity contribution is 5.98. The van der Waals surface area contributed by atoms with Gasteiger partial charge in [-0.1, -0.05) is 13.0 Å². The zero-order valence-corrected chi connectivity index (χ0v) is 15.7. The first-order valence-electron chi connectivity index (χ1n) is 9.71. The van der Waals surface area contributed by atoms with Gasteiger partial charge in [-0.25, -0.2) is 0 Å². The number of amides is 2. The third-order valence-electron chi connectivity index (χ3n) is 5.66. The molecule has 3 aliphatic rings. The lowest BCUT2D eigenvalue weighted by Crippen LogP contribution is -2.58. The van der Waals surface area contributed by atoms with E-state index < -0.39 is 0 Å². The number of carbonyl (C=O) groups excluding carboxylic acids is 2. The van der Waals surface area contributed by atoms with E-state index in [1.807, 2.05) is 28.9 Å². The zero-order valence-electron chi connectivity index (χ0n) is 15.7. The maximum Gasteiger partial charge on any atom is 0.257 e. The molecular weight excluding hydrogens is 348 g/mol. The molecule has 0 radical (unpaired) electrons. The largest absolute Gasteiger partial charge is 0.486 e. The molecule has 2 amide bonds. The predicted molar refractivity (Wildman–Crippen MR) is 98.1 cm³/mol. The molecule has 3 aliphatic heterocycles. The highest BCUT2D eigenvalue weighted by Gasteiger charge is 2.42. The second kappa shape index (κ2) is 7.38. The number of rotatable bonds is 2. The molecule has 2 saturated heterocycles. The van der Waals surface area contributed by atoms with Crippen LogP contribution < -0.4 is 9.47 Å². The molecule has 146 valence electrons. The van der Waals surface area contributed by atoms with Gasteiger partial charge in [-0.3, -0.25) is 9.59 Å². The van der Waals surface area contributed by atoms with Crippen molar-refractivity contribution in [2.75, 3.05) is 46.0 Å². The molecule has 0 atom stereocenters. The maximum absolute atomic E-state index is 13.2. The molecule has 2 fully saturated rings. The lowest BCUT2D eigenvalue weighted by atomic mass is 9.89. The fourth-order valence-electron chi connectivity index (χ4n) is 4.12. The average molecular weight is 374 g/mol. The van der Waals surface area contributed by atoms with E-state index in [0.717, 1.165) is 12.8 Å². The molecule has 0 bridgehead atoms. The molecule has 4 rings (SSSR count). The molecule has 1 aromatic carbocycles. The molecule has 7 heteroatoms. The molecule has 3 heterocycles. The van der Waals surface area contributed by atoms with Crippen LogP contribution in [0.25, 0.3) is 0 Å².